The third kappa shape index (κ3) is 2.45. The monoisotopic (exact) mass is 220 g/mol. The van der Waals surface area contributed by atoms with Crippen molar-refractivity contribution in [3.63, 3.8) is 0 Å². The molecule has 1 radical (unpaired) electrons. The van der Waals surface area contributed by atoms with Gasteiger partial charge in [0.15, 0.2) is 0 Å². The highest BCUT2D eigenvalue weighted by atomic mass is 19.4. The summed E-state index contributed by atoms with van der Waals surface area (Å²) in [4.78, 5) is 10.9. The molecule has 0 unspecified atom stereocenters. The summed E-state index contributed by atoms with van der Waals surface area (Å²) in [6.07, 6.45) is -4.62. The maximum absolute atomic E-state index is 13.0. The third-order valence-corrected chi connectivity index (χ3v) is 1.70. The van der Waals surface area contributed by atoms with Crippen LogP contribution < -0.4 is 5.32 Å². The Morgan fingerprint density at radius 3 is 2.33 bits per heavy atom. The molecule has 6 heteroatoms. The molecule has 0 heterocycles. The van der Waals surface area contributed by atoms with Crippen LogP contribution in [-0.4, -0.2) is 5.91 Å². The van der Waals surface area contributed by atoms with Crippen molar-refractivity contribution in [2.75, 3.05) is 0 Å². The van der Waals surface area contributed by atoms with Gasteiger partial charge in [-0.05, 0) is 18.2 Å². The van der Waals surface area contributed by atoms with Crippen molar-refractivity contribution in [3.8, 4) is 0 Å². The zero-order chi connectivity index (χ0) is 11.6. The molecule has 0 aromatic heterocycles. The van der Waals surface area contributed by atoms with Crippen molar-refractivity contribution < 1.29 is 22.4 Å². The zero-order valence-electron chi connectivity index (χ0n) is 7.36. The van der Waals surface area contributed by atoms with E-state index in [-0.39, 0.29) is 6.07 Å². The molecular weight excluding hydrogens is 214 g/mol. The summed E-state index contributed by atoms with van der Waals surface area (Å²) in [5, 5.41) is 1.87. The number of halogens is 4. The molecule has 0 saturated carbocycles. The summed E-state index contributed by atoms with van der Waals surface area (Å²) in [6, 6.07) is 1.66. The number of carbonyl (C=O) groups excluding carboxylic acids is 1. The van der Waals surface area contributed by atoms with Crippen molar-refractivity contribution >= 4 is 5.91 Å². The Morgan fingerprint density at radius 2 is 1.93 bits per heavy atom. The highest BCUT2D eigenvalue weighted by molar-refractivity contribution is 5.94. The second-order valence-electron chi connectivity index (χ2n) is 2.70. The molecule has 0 bridgehead atoms. The molecule has 81 valence electrons. The van der Waals surface area contributed by atoms with E-state index in [0.29, 0.717) is 6.07 Å². The second kappa shape index (κ2) is 3.88. The van der Waals surface area contributed by atoms with Gasteiger partial charge in [0.05, 0.1) is 11.1 Å². The van der Waals surface area contributed by atoms with Gasteiger partial charge < -0.3 is 5.32 Å². The third-order valence-electron chi connectivity index (χ3n) is 1.70. The number of nitrogens with one attached hydrogen (secondary N) is 1. The Labute approximate surface area is 82.9 Å². The van der Waals surface area contributed by atoms with E-state index in [1.165, 1.54) is 0 Å². The SMILES string of the molecule is [CH2]NC(=O)c1ccc(C(F)(F)F)cc1F. The van der Waals surface area contributed by atoms with Crippen LogP contribution in [-0.2, 0) is 6.18 Å². The van der Waals surface area contributed by atoms with Crippen LogP contribution in [0.2, 0.25) is 0 Å². The molecule has 1 N–H and O–H groups in total. The lowest BCUT2D eigenvalue weighted by Crippen LogP contribution is -2.18. The molecule has 15 heavy (non-hydrogen) atoms. The number of rotatable bonds is 1. The van der Waals surface area contributed by atoms with Gasteiger partial charge in [-0.1, -0.05) is 0 Å². The van der Waals surface area contributed by atoms with Crippen LogP contribution in [0, 0.1) is 12.9 Å². The average molecular weight is 220 g/mol. The van der Waals surface area contributed by atoms with Crippen LogP contribution in [0.4, 0.5) is 17.6 Å². The van der Waals surface area contributed by atoms with Gasteiger partial charge in [0.25, 0.3) is 5.91 Å². The molecule has 0 atom stereocenters. The van der Waals surface area contributed by atoms with Gasteiger partial charge in [-0.15, -0.1) is 0 Å². The van der Waals surface area contributed by atoms with Crippen LogP contribution in [0.5, 0.6) is 0 Å². The summed E-state index contributed by atoms with van der Waals surface area (Å²) < 4.78 is 49.3. The van der Waals surface area contributed by atoms with E-state index in [4.69, 9.17) is 0 Å². The number of hydrogen-bond acceptors (Lipinski definition) is 1. The number of alkyl halides is 3. The Hall–Kier alpha value is -1.59. The first kappa shape index (κ1) is 11.5. The Morgan fingerprint density at radius 1 is 1.33 bits per heavy atom. The first-order valence-corrected chi connectivity index (χ1v) is 3.80. The molecule has 2 nitrogen and oxygen atoms in total. The molecule has 0 saturated heterocycles. The average Bonchev–Trinajstić information content (AvgIpc) is 2.15. The van der Waals surface area contributed by atoms with Crippen molar-refractivity contribution in [3.05, 3.63) is 42.2 Å². The van der Waals surface area contributed by atoms with Gasteiger partial charge in [0.2, 0.25) is 0 Å². The summed E-state index contributed by atoms with van der Waals surface area (Å²) in [6.45, 7) is 0. The summed E-state index contributed by atoms with van der Waals surface area (Å²) >= 11 is 0. The largest absolute Gasteiger partial charge is 0.416 e. The van der Waals surface area contributed by atoms with Crippen molar-refractivity contribution in [1.82, 2.24) is 5.32 Å². The molecule has 1 rings (SSSR count). The van der Waals surface area contributed by atoms with Crippen LogP contribution in [0.3, 0.4) is 0 Å². The first-order chi connectivity index (χ1) is 6.86. The highest BCUT2D eigenvalue weighted by Gasteiger charge is 2.31. The van der Waals surface area contributed by atoms with Crippen LogP contribution >= 0.6 is 0 Å². The Kier molecular flexibility index (Phi) is 2.97. The van der Waals surface area contributed by atoms with E-state index in [0.717, 1.165) is 6.07 Å². The second-order valence-corrected chi connectivity index (χ2v) is 2.70. The number of amides is 1. The van der Waals surface area contributed by atoms with Crippen molar-refractivity contribution in [2.45, 2.75) is 6.18 Å². The molecule has 0 aliphatic carbocycles. The van der Waals surface area contributed by atoms with E-state index < -0.39 is 29.0 Å². The van der Waals surface area contributed by atoms with E-state index in [2.05, 4.69) is 7.05 Å². The molecule has 0 fully saturated rings. The predicted octanol–water partition coefficient (Wildman–Crippen LogP) is 2.37. The number of benzene rings is 1. The lowest BCUT2D eigenvalue weighted by Gasteiger charge is -2.08. The topological polar surface area (TPSA) is 29.1 Å². The number of carbonyl (C=O) groups is 1. The van der Waals surface area contributed by atoms with Gasteiger partial charge >= 0.3 is 6.18 Å². The maximum Gasteiger partial charge on any atom is 0.416 e. The fourth-order valence-electron chi connectivity index (χ4n) is 0.971. The lowest BCUT2D eigenvalue weighted by atomic mass is 10.1. The molecule has 1 amide bonds. The molecule has 0 spiro atoms. The van der Waals surface area contributed by atoms with Gasteiger partial charge in [0, 0.05) is 7.05 Å². The predicted molar refractivity (Wildman–Crippen MR) is 44.2 cm³/mol. The minimum Gasteiger partial charge on any atom is -0.350 e. The minimum atomic E-state index is -4.62. The van der Waals surface area contributed by atoms with Crippen molar-refractivity contribution in [1.29, 1.82) is 0 Å². The smallest absolute Gasteiger partial charge is 0.350 e. The molecule has 1 aromatic rings. The van der Waals surface area contributed by atoms with Gasteiger partial charge in [-0.3, -0.25) is 4.79 Å². The van der Waals surface area contributed by atoms with E-state index in [9.17, 15) is 22.4 Å². The van der Waals surface area contributed by atoms with Crippen LogP contribution in [0.1, 0.15) is 15.9 Å². The molecule has 0 aliphatic rings. The van der Waals surface area contributed by atoms with E-state index >= 15 is 0 Å². The quantitative estimate of drug-likeness (QED) is 0.723. The summed E-state index contributed by atoms with van der Waals surface area (Å²) in [5.74, 6) is -2.10. The number of hydrogen-bond donors (Lipinski definition) is 1. The van der Waals surface area contributed by atoms with Gasteiger partial charge in [-0.25, -0.2) is 4.39 Å². The summed E-state index contributed by atoms with van der Waals surface area (Å²) in [7, 11) is 2.99. The van der Waals surface area contributed by atoms with E-state index in [1.807, 2.05) is 5.32 Å². The molecule has 0 aliphatic heterocycles. The summed E-state index contributed by atoms with van der Waals surface area (Å²) in [5.41, 5.74) is -1.61. The van der Waals surface area contributed by atoms with Gasteiger partial charge in [0.1, 0.15) is 5.82 Å². The minimum absolute atomic E-state index is 0.268. The maximum atomic E-state index is 13.0. The van der Waals surface area contributed by atoms with Crippen LogP contribution in [0.15, 0.2) is 18.2 Å². The van der Waals surface area contributed by atoms with Crippen molar-refractivity contribution in [2.24, 2.45) is 0 Å². The van der Waals surface area contributed by atoms with Gasteiger partial charge in [-0.2, -0.15) is 13.2 Å². The normalized spacial score (nSPS) is 11.3. The van der Waals surface area contributed by atoms with E-state index in [1.54, 1.807) is 0 Å². The zero-order valence-corrected chi connectivity index (χ0v) is 7.36. The lowest BCUT2D eigenvalue weighted by molar-refractivity contribution is -0.137. The molecular formula is C9H6F4NO. The molecule has 1 aromatic carbocycles. The first-order valence-electron chi connectivity index (χ1n) is 3.80. The standard InChI is InChI=1S/C9H6F4NO/c1-14-8(15)6-3-2-5(4-7(6)10)9(11,12)13/h2-4H,1H2,(H,14,15). The van der Waals surface area contributed by atoms with Crippen LogP contribution in [0.25, 0.3) is 0 Å². The Bertz CT molecular complexity index is 386. The fraction of sp³-hybridized carbons (Fsp3) is 0.111. The Balaban J connectivity index is 3.15. The fourth-order valence-corrected chi connectivity index (χ4v) is 0.971. The highest BCUT2D eigenvalue weighted by Crippen LogP contribution is 2.30.